The van der Waals surface area contributed by atoms with Gasteiger partial charge in [0.15, 0.2) is 5.78 Å². The molecule has 23 heavy (non-hydrogen) atoms. The summed E-state index contributed by atoms with van der Waals surface area (Å²) in [6, 6.07) is 12.6. The number of rotatable bonds is 10. The average molecular weight is 310 g/mol. The number of aryl methyl sites for hydroxylation is 1. The quantitative estimate of drug-likeness (QED) is 0.351. The highest BCUT2D eigenvalue weighted by atomic mass is 16.1. The van der Waals surface area contributed by atoms with E-state index in [9.17, 15) is 4.79 Å². The maximum absolute atomic E-state index is 11.7. The molecule has 0 saturated heterocycles. The van der Waals surface area contributed by atoms with E-state index in [4.69, 9.17) is 0 Å². The van der Waals surface area contributed by atoms with Gasteiger partial charge in [0.05, 0.1) is 0 Å². The van der Waals surface area contributed by atoms with Gasteiger partial charge in [-0.05, 0) is 48.2 Å². The first kappa shape index (κ1) is 17.7. The first-order valence-corrected chi connectivity index (χ1v) is 9.25. The summed E-state index contributed by atoms with van der Waals surface area (Å²) in [4.78, 5) is 11.7. The second kappa shape index (κ2) is 9.50. The summed E-state index contributed by atoms with van der Waals surface area (Å²) in [6.45, 7) is 3.92. The molecule has 2 aromatic carbocycles. The minimum absolute atomic E-state index is 0.160. The van der Waals surface area contributed by atoms with E-state index in [1.807, 2.05) is 12.1 Å². The zero-order valence-electron chi connectivity index (χ0n) is 14.7. The Kier molecular flexibility index (Phi) is 7.32. The molecule has 0 bridgehead atoms. The van der Waals surface area contributed by atoms with E-state index in [1.54, 1.807) is 6.92 Å². The van der Waals surface area contributed by atoms with Crippen LogP contribution in [0.1, 0.15) is 81.1 Å². The molecule has 124 valence electrons. The van der Waals surface area contributed by atoms with Gasteiger partial charge in [-0.3, -0.25) is 4.79 Å². The zero-order chi connectivity index (χ0) is 16.5. The second-order valence-corrected chi connectivity index (χ2v) is 6.64. The third kappa shape index (κ3) is 5.49. The molecule has 0 heterocycles. The molecule has 0 aliphatic heterocycles. The molecule has 0 aliphatic rings. The highest BCUT2D eigenvalue weighted by Gasteiger charge is 2.07. The maximum atomic E-state index is 11.7. The Balaban J connectivity index is 1.90. The van der Waals surface area contributed by atoms with Gasteiger partial charge in [-0.1, -0.05) is 76.1 Å². The Bertz CT molecular complexity index is 627. The minimum Gasteiger partial charge on any atom is -0.295 e. The van der Waals surface area contributed by atoms with Crippen molar-refractivity contribution >= 4 is 16.6 Å². The molecule has 0 spiro atoms. The van der Waals surface area contributed by atoms with Crippen LogP contribution in [0, 0.1) is 0 Å². The zero-order valence-corrected chi connectivity index (χ0v) is 14.7. The van der Waals surface area contributed by atoms with Gasteiger partial charge >= 0.3 is 0 Å². The van der Waals surface area contributed by atoms with Crippen LogP contribution < -0.4 is 0 Å². The minimum atomic E-state index is 0.160. The molecule has 0 aromatic heterocycles. The molecular weight excluding hydrogens is 280 g/mol. The molecule has 0 radical (unpaired) electrons. The summed E-state index contributed by atoms with van der Waals surface area (Å²) < 4.78 is 0. The molecule has 2 rings (SSSR count). The van der Waals surface area contributed by atoms with Crippen LogP contribution in [0.4, 0.5) is 0 Å². The van der Waals surface area contributed by atoms with E-state index in [0.717, 1.165) is 12.0 Å². The van der Waals surface area contributed by atoms with Crippen molar-refractivity contribution in [2.45, 2.75) is 71.6 Å². The third-order valence-corrected chi connectivity index (χ3v) is 4.65. The Hall–Kier alpha value is -1.63. The largest absolute Gasteiger partial charge is 0.295 e. The summed E-state index contributed by atoms with van der Waals surface area (Å²) in [5.41, 5.74) is 2.18. The normalized spacial score (nSPS) is 11.0. The van der Waals surface area contributed by atoms with Gasteiger partial charge in [0.1, 0.15) is 0 Å². The highest BCUT2D eigenvalue weighted by Crippen LogP contribution is 2.23. The van der Waals surface area contributed by atoms with Crippen LogP contribution >= 0.6 is 0 Å². The molecular formula is C22H30O. The summed E-state index contributed by atoms with van der Waals surface area (Å²) >= 11 is 0. The van der Waals surface area contributed by atoms with Crippen molar-refractivity contribution in [1.29, 1.82) is 0 Å². The van der Waals surface area contributed by atoms with Crippen LogP contribution in [0.25, 0.3) is 10.8 Å². The Labute approximate surface area is 141 Å². The summed E-state index contributed by atoms with van der Waals surface area (Å²) in [5.74, 6) is 0.160. The van der Waals surface area contributed by atoms with Crippen molar-refractivity contribution in [2.75, 3.05) is 0 Å². The number of carbonyl (C=O) groups is 1. The first-order valence-electron chi connectivity index (χ1n) is 9.25. The fraction of sp³-hybridized carbons (Fsp3) is 0.500. The first-order chi connectivity index (χ1) is 11.2. The monoisotopic (exact) mass is 310 g/mol. The molecule has 1 heteroatoms. The Morgan fingerprint density at radius 1 is 0.870 bits per heavy atom. The average Bonchev–Trinajstić information content (AvgIpc) is 2.56. The smallest absolute Gasteiger partial charge is 0.159 e. The van der Waals surface area contributed by atoms with Gasteiger partial charge in [-0.25, -0.2) is 0 Å². The molecule has 0 amide bonds. The van der Waals surface area contributed by atoms with Crippen molar-refractivity contribution < 1.29 is 4.79 Å². The number of Topliss-reactive ketones (excluding diaryl/α,β-unsaturated/α-hetero) is 1. The number of unbranched alkanes of at least 4 members (excludes halogenated alkanes) is 7. The van der Waals surface area contributed by atoms with Gasteiger partial charge in [0.25, 0.3) is 0 Å². The Morgan fingerprint density at radius 2 is 1.52 bits per heavy atom. The lowest BCUT2D eigenvalue weighted by atomic mass is 9.95. The van der Waals surface area contributed by atoms with Crippen molar-refractivity contribution in [3.8, 4) is 0 Å². The Morgan fingerprint density at radius 3 is 2.22 bits per heavy atom. The fourth-order valence-corrected chi connectivity index (χ4v) is 3.25. The number of hydrogen-bond donors (Lipinski definition) is 0. The van der Waals surface area contributed by atoms with Crippen molar-refractivity contribution in [2.24, 2.45) is 0 Å². The van der Waals surface area contributed by atoms with E-state index in [-0.39, 0.29) is 5.78 Å². The molecule has 0 N–H and O–H groups in total. The number of benzene rings is 2. The van der Waals surface area contributed by atoms with Crippen LogP contribution in [0.5, 0.6) is 0 Å². The van der Waals surface area contributed by atoms with Crippen molar-refractivity contribution in [1.82, 2.24) is 0 Å². The van der Waals surface area contributed by atoms with Gasteiger partial charge in [-0.2, -0.15) is 0 Å². The lowest BCUT2D eigenvalue weighted by molar-refractivity contribution is 0.101. The predicted molar refractivity (Wildman–Crippen MR) is 100 cm³/mol. The van der Waals surface area contributed by atoms with E-state index >= 15 is 0 Å². The third-order valence-electron chi connectivity index (χ3n) is 4.65. The molecule has 0 aliphatic carbocycles. The van der Waals surface area contributed by atoms with Crippen LogP contribution in [0.3, 0.4) is 0 Å². The highest BCUT2D eigenvalue weighted by molar-refractivity contribution is 5.99. The van der Waals surface area contributed by atoms with Gasteiger partial charge < -0.3 is 0 Å². The van der Waals surface area contributed by atoms with E-state index in [2.05, 4.69) is 31.2 Å². The van der Waals surface area contributed by atoms with Crippen LogP contribution in [0.2, 0.25) is 0 Å². The number of carbonyl (C=O) groups excluding carboxylic acids is 1. The summed E-state index contributed by atoms with van der Waals surface area (Å²) in [5, 5.41) is 2.50. The molecule has 0 unspecified atom stereocenters. The predicted octanol–water partition coefficient (Wildman–Crippen LogP) is 6.73. The molecule has 0 saturated carbocycles. The number of fused-ring (bicyclic) bond motifs is 1. The fourth-order valence-electron chi connectivity index (χ4n) is 3.25. The standard InChI is InChI=1S/C22H30O/c1-3-4-5-6-7-8-9-10-13-19-16-21(18(2)23)17-20-14-11-12-15-22(19)20/h11-12,14-17H,3-10,13H2,1-2H3. The van der Waals surface area contributed by atoms with Gasteiger partial charge in [-0.15, -0.1) is 0 Å². The number of hydrogen-bond acceptors (Lipinski definition) is 1. The summed E-state index contributed by atoms with van der Waals surface area (Å²) in [6.07, 6.45) is 11.8. The molecule has 1 nitrogen and oxygen atoms in total. The lowest BCUT2D eigenvalue weighted by Crippen LogP contribution is -1.96. The van der Waals surface area contributed by atoms with Crippen LogP contribution in [-0.4, -0.2) is 5.78 Å². The van der Waals surface area contributed by atoms with Crippen LogP contribution in [-0.2, 0) is 6.42 Å². The molecule has 2 aromatic rings. The van der Waals surface area contributed by atoms with Crippen molar-refractivity contribution in [3.63, 3.8) is 0 Å². The maximum Gasteiger partial charge on any atom is 0.159 e. The lowest BCUT2D eigenvalue weighted by Gasteiger charge is -2.09. The van der Waals surface area contributed by atoms with E-state index in [1.165, 1.54) is 67.7 Å². The molecule has 0 atom stereocenters. The summed E-state index contributed by atoms with van der Waals surface area (Å²) in [7, 11) is 0. The van der Waals surface area contributed by atoms with Crippen LogP contribution in [0.15, 0.2) is 36.4 Å². The molecule has 0 fully saturated rings. The van der Waals surface area contributed by atoms with Gasteiger partial charge in [0.2, 0.25) is 0 Å². The van der Waals surface area contributed by atoms with E-state index < -0.39 is 0 Å². The van der Waals surface area contributed by atoms with Gasteiger partial charge in [0, 0.05) is 5.56 Å². The number of ketones is 1. The second-order valence-electron chi connectivity index (χ2n) is 6.64. The van der Waals surface area contributed by atoms with Crippen molar-refractivity contribution in [3.05, 3.63) is 47.5 Å². The SMILES string of the molecule is CCCCCCCCCCc1cc(C(C)=O)cc2ccccc12. The van der Waals surface area contributed by atoms with E-state index in [0.29, 0.717) is 0 Å². The topological polar surface area (TPSA) is 17.1 Å².